The van der Waals surface area contributed by atoms with Crippen LogP contribution in [0.2, 0.25) is 0 Å². The first kappa shape index (κ1) is 12.9. The summed E-state index contributed by atoms with van der Waals surface area (Å²) >= 11 is 3.37. The first-order valence-electron chi connectivity index (χ1n) is 5.41. The fraction of sp³-hybridized carbons (Fsp3) is 0.455. The van der Waals surface area contributed by atoms with E-state index in [9.17, 15) is 8.42 Å². The molecule has 0 amide bonds. The van der Waals surface area contributed by atoms with Crippen molar-refractivity contribution < 1.29 is 12.6 Å². The smallest absolute Gasteiger partial charge is 0.267 e. The molecule has 94 valence electrons. The largest absolute Gasteiger partial charge is 0.366 e. The highest BCUT2D eigenvalue weighted by atomic mass is 79.9. The number of halogens is 1. The van der Waals surface area contributed by atoms with E-state index in [0.717, 1.165) is 10.2 Å². The minimum absolute atomic E-state index is 0.0295. The maximum absolute atomic E-state index is 11.2. The fourth-order valence-electron chi connectivity index (χ4n) is 1.64. The van der Waals surface area contributed by atoms with Crippen molar-refractivity contribution in [3.8, 4) is 0 Å². The van der Waals surface area contributed by atoms with Crippen LogP contribution in [0.15, 0.2) is 28.7 Å². The van der Waals surface area contributed by atoms with Gasteiger partial charge in [-0.3, -0.25) is 4.18 Å². The molecule has 0 saturated carbocycles. The van der Waals surface area contributed by atoms with E-state index < -0.39 is 10.1 Å². The summed E-state index contributed by atoms with van der Waals surface area (Å²) in [4.78, 5) is 2.09. The van der Waals surface area contributed by atoms with Gasteiger partial charge in [0.15, 0.2) is 0 Å². The average molecular weight is 320 g/mol. The van der Waals surface area contributed by atoms with Gasteiger partial charge in [-0.15, -0.1) is 0 Å². The second-order valence-electron chi connectivity index (χ2n) is 3.95. The van der Waals surface area contributed by atoms with Gasteiger partial charge >= 0.3 is 0 Å². The Balaban J connectivity index is 1.89. The van der Waals surface area contributed by atoms with Gasteiger partial charge in [0.25, 0.3) is 10.1 Å². The van der Waals surface area contributed by atoms with Gasteiger partial charge in [-0.2, -0.15) is 8.42 Å². The Labute approximate surface area is 110 Å². The van der Waals surface area contributed by atoms with Crippen LogP contribution < -0.4 is 4.90 Å². The molecule has 0 aliphatic carbocycles. The standard InChI is InChI=1S/C11H14BrNO3S/c1-2-17(14,15)16-11-7-13(8-11)10-5-3-9(12)4-6-10/h3-6,11H,2,7-8H2,1H3. The first-order valence-corrected chi connectivity index (χ1v) is 7.78. The summed E-state index contributed by atoms with van der Waals surface area (Å²) in [5.74, 6) is 0.0295. The fourth-order valence-corrected chi connectivity index (χ4v) is 2.57. The number of hydrogen-bond donors (Lipinski definition) is 0. The molecule has 1 aliphatic heterocycles. The molecule has 0 unspecified atom stereocenters. The number of nitrogens with zero attached hydrogens (tertiary/aromatic N) is 1. The number of rotatable bonds is 4. The van der Waals surface area contributed by atoms with Crippen molar-refractivity contribution in [1.82, 2.24) is 0 Å². The molecule has 1 aromatic carbocycles. The molecule has 1 aromatic rings. The van der Waals surface area contributed by atoms with E-state index in [1.807, 2.05) is 24.3 Å². The summed E-state index contributed by atoms with van der Waals surface area (Å²) in [6, 6.07) is 7.92. The van der Waals surface area contributed by atoms with Crippen LogP contribution in [0.5, 0.6) is 0 Å². The molecule has 0 N–H and O–H groups in total. The third-order valence-electron chi connectivity index (χ3n) is 2.68. The molecule has 0 bridgehead atoms. The number of benzene rings is 1. The van der Waals surface area contributed by atoms with Crippen LogP contribution >= 0.6 is 15.9 Å². The molecule has 6 heteroatoms. The summed E-state index contributed by atoms with van der Waals surface area (Å²) in [5, 5.41) is 0. The van der Waals surface area contributed by atoms with E-state index >= 15 is 0 Å². The molecule has 17 heavy (non-hydrogen) atoms. The highest BCUT2D eigenvalue weighted by molar-refractivity contribution is 9.10. The van der Waals surface area contributed by atoms with Crippen molar-refractivity contribution in [3.63, 3.8) is 0 Å². The Morgan fingerprint density at radius 2 is 1.94 bits per heavy atom. The zero-order valence-corrected chi connectivity index (χ0v) is 11.9. The van der Waals surface area contributed by atoms with Gasteiger partial charge in [-0.05, 0) is 31.2 Å². The van der Waals surface area contributed by atoms with E-state index in [-0.39, 0.29) is 11.9 Å². The molecule has 0 aromatic heterocycles. The lowest BCUT2D eigenvalue weighted by Crippen LogP contribution is -2.53. The zero-order valence-electron chi connectivity index (χ0n) is 9.47. The van der Waals surface area contributed by atoms with Gasteiger partial charge in [-0.25, -0.2) is 0 Å². The van der Waals surface area contributed by atoms with Crippen LogP contribution in [0.3, 0.4) is 0 Å². The van der Waals surface area contributed by atoms with Gasteiger partial charge in [0.2, 0.25) is 0 Å². The van der Waals surface area contributed by atoms with Gasteiger partial charge in [-0.1, -0.05) is 15.9 Å². The highest BCUT2D eigenvalue weighted by Gasteiger charge is 2.31. The Morgan fingerprint density at radius 3 is 2.47 bits per heavy atom. The molecule has 4 nitrogen and oxygen atoms in total. The molecule has 0 radical (unpaired) electrons. The Kier molecular flexibility index (Phi) is 3.75. The third kappa shape index (κ3) is 3.20. The molecule has 0 spiro atoms. The summed E-state index contributed by atoms with van der Waals surface area (Å²) in [5.41, 5.74) is 1.09. The van der Waals surface area contributed by atoms with Crippen LogP contribution in [0.25, 0.3) is 0 Å². The van der Waals surface area contributed by atoms with E-state index in [0.29, 0.717) is 13.1 Å². The van der Waals surface area contributed by atoms with Crippen molar-refractivity contribution in [2.75, 3.05) is 23.7 Å². The zero-order chi connectivity index (χ0) is 12.5. The Hall–Kier alpha value is -0.590. The number of hydrogen-bond acceptors (Lipinski definition) is 4. The quantitative estimate of drug-likeness (QED) is 0.796. The van der Waals surface area contributed by atoms with Crippen LogP contribution in [0.1, 0.15) is 6.92 Å². The second-order valence-corrected chi connectivity index (χ2v) is 6.75. The Bertz CT molecular complexity index is 480. The van der Waals surface area contributed by atoms with Gasteiger partial charge in [0.1, 0.15) is 6.10 Å². The van der Waals surface area contributed by atoms with Crippen molar-refractivity contribution in [2.24, 2.45) is 0 Å². The predicted octanol–water partition coefficient (Wildman–Crippen LogP) is 2.00. The molecule has 1 saturated heterocycles. The van der Waals surface area contributed by atoms with Crippen LogP contribution in [0, 0.1) is 0 Å². The Morgan fingerprint density at radius 1 is 1.35 bits per heavy atom. The van der Waals surface area contributed by atoms with Crippen LogP contribution in [-0.2, 0) is 14.3 Å². The molecule has 1 fully saturated rings. The summed E-state index contributed by atoms with van der Waals surface area (Å²) in [7, 11) is -3.33. The minimum atomic E-state index is -3.33. The molecule has 0 atom stereocenters. The first-order chi connectivity index (χ1) is 8.00. The number of anilines is 1. The minimum Gasteiger partial charge on any atom is -0.366 e. The predicted molar refractivity (Wildman–Crippen MR) is 70.7 cm³/mol. The van der Waals surface area contributed by atoms with E-state index in [4.69, 9.17) is 4.18 Å². The summed E-state index contributed by atoms with van der Waals surface area (Å²) in [6.45, 7) is 2.84. The third-order valence-corrected chi connectivity index (χ3v) is 4.48. The molecular weight excluding hydrogens is 306 g/mol. The van der Waals surface area contributed by atoms with Crippen molar-refractivity contribution in [3.05, 3.63) is 28.7 Å². The highest BCUT2D eigenvalue weighted by Crippen LogP contribution is 2.24. The average Bonchev–Trinajstić information content (AvgIpc) is 2.25. The lowest BCUT2D eigenvalue weighted by molar-refractivity contribution is 0.175. The molecular formula is C11H14BrNO3S. The molecule has 1 aliphatic rings. The van der Waals surface area contributed by atoms with Crippen LogP contribution in [0.4, 0.5) is 5.69 Å². The van der Waals surface area contributed by atoms with E-state index in [1.165, 1.54) is 0 Å². The normalized spacial score (nSPS) is 16.9. The SMILES string of the molecule is CCS(=O)(=O)OC1CN(c2ccc(Br)cc2)C1. The maximum atomic E-state index is 11.2. The summed E-state index contributed by atoms with van der Waals surface area (Å²) in [6.07, 6.45) is -0.205. The van der Waals surface area contributed by atoms with Crippen molar-refractivity contribution in [2.45, 2.75) is 13.0 Å². The van der Waals surface area contributed by atoms with E-state index in [1.54, 1.807) is 6.92 Å². The lowest BCUT2D eigenvalue weighted by atomic mass is 10.1. The lowest BCUT2D eigenvalue weighted by Gasteiger charge is -2.39. The van der Waals surface area contributed by atoms with Gasteiger partial charge < -0.3 is 4.90 Å². The topological polar surface area (TPSA) is 46.6 Å². The van der Waals surface area contributed by atoms with Gasteiger partial charge in [0.05, 0.1) is 5.75 Å². The van der Waals surface area contributed by atoms with Crippen LogP contribution in [-0.4, -0.2) is 33.4 Å². The molecule has 2 rings (SSSR count). The summed E-state index contributed by atoms with van der Waals surface area (Å²) < 4.78 is 28.5. The van der Waals surface area contributed by atoms with Gasteiger partial charge in [0, 0.05) is 23.2 Å². The van der Waals surface area contributed by atoms with E-state index in [2.05, 4.69) is 20.8 Å². The van der Waals surface area contributed by atoms with Crippen molar-refractivity contribution >= 4 is 31.7 Å². The second kappa shape index (κ2) is 4.96. The monoisotopic (exact) mass is 319 g/mol. The molecule has 1 heterocycles. The van der Waals surface area contributed by atoms with Crippen molar-refractivity contribution in [1.29, 1.82) is 0 Å². The maximum Gasteiger partial charge on any atom is 0.267 e.